The van der Waals surface area contributed by atoms with E-state index in [4.69, 9.17) is 4.74 Å². The average molecular weight is 196 g/mol. The number of methoxy groups -OCH3 is 1. The lowest BCUT2D eigenvalue weighted by atomic mass is 9.75. The van der Waals surface area contributed by atoms with E-state index in [0.29, 0.717) is 23.7 Å². The largest absolute Gasteiger partial charge is 0.381 e. The second kappa shape index (κ2) is 4.43. The van der Waals surface area contributed by atoms with Crippen molar-refractivity contribution >= 4 is 5.78 Å². The van der Waals surface area contributed by atoms with Crippen molar-refractivity contribution in [2.75, 3.05) is 7.11 Å². The predicted octanol–water partition coefficient (Wildman–Crippen LogP) is 2.56. The third kappa shape index (κ3) is 2.00. The number of rotatable bonds is 1. The van der Waals surface area contributed by atoms with E-state index in [1.807, 2.05) is 0 Å². The Kier molecular flexibility index (Phi) is 3.22. The summed E-state index contributed by atoms with van der Waals surface area (Å²) in [4.78, 5) is 11.8. The highest BCUT2D eigenvalue weighted by Gasteiger charge is 2.35. The van der Waals surface area contributed by atoms with E-state index in [-0.39, 0.29) is 0 Å². The van der Waals surface area contributed by atoms with Crippen molar-refractivity contribution in [2.45, 2.75) is 51.0 Å². The topological polar surface area (TPSA) is 26.3 Å². The Morgan fingerprint density at radius 2 is 2.07 bits per heavy atom. The van der Waals surface area contributed by atoms with Crippen molar-refractivity contribution in [2.24, 2.45) is 11.8 Å². The van der Waals surface area contributed by atoms with Crippen LogP contribution in [0.5, 0.6) is 0 Å². The van der Waals surface area contributed by atoms with E-state index < -0.39 is 0 Å². The molecule has 0 N–H and O–H groups in total. The van der Waals surface area contributed by atoms with Crippen LogP contribution in [0.25, 0.3) is 0 Å². The van der Waals surface area contributed by atoms with Gasteiger partial charge in [-0.3, -0.25) is 4.79 Å². The molecule has 2 rings (SSSR count). The van der Waals surface area contributed by atoms with Gasteiger partial charge in [-0.25, -0.2) is 0 Å². The van der Waals surface area contributed by atoms with Crippen LogP contribution in [0.4, 0.5) is 0 Å². The quantitative estimate of drug-likeness (QED) is 0.644. The van der Waals surface area contributed by atoms with Crippen molar-refractivity contribution in [3.8, 4) is 0 Å². The number of Topliss-reactive ketones (excluding diaryl/α,β-unsaturated/α-hetero) is 1. The Morgan fingerprint density at radius 1 is 1.21 bits per heavy atom. The van der Waals surface area contributed by atoms with E-state index in [9.17, 15) is 4.79 Å². The molecule has 3 atom stereocenters. The van der Waals surface area contributed by atoms with Gasteiger partial charge in [0.15, 0.2) is 0 Å². The smallest absolute Gasteiger partial charge is 0.136 e. The molecule has 2 aliphatic carbocycles. The lowest BCUT2D eigenvalue weighted by Crippen LogP contribution is -2.32. The van der Waals surface area contributed by atoms with Crippen molar-refractivity contribution in [1.29, 1.82) is 0 Å². The molecule has 0 aromatic rings. The summed E-state index contributed by atoms with van der Waals surface area (Å²) in [5.74, 6) is 1.54. The molecule has 2 saturated carbocycles. The highest BCUT2D eigenvalue weighted by atomic mass is 16.5. The molecule has 0 aliphatic heterocycles. The summed E-state index contributed by atoms with van der Waals surface area (Å²) >= 11 is 0. The summed E-state index contributed by atoms with van der Waals surface area (Å²) in [6, 6.07) is 0. The Labute approximate surface area is 86.0 Å². The van der Waals surface area contributed by atoms with Gasteiger partial charge in [-0.1, -0.05) is 6.42 Å². The third-order valence-electron chi connectivity index (χ3n) is 3.93. The molecule has 14 heavy (non-hydrogen) atoms. The highest BCUT2D eigenvalue weighted by Crippen LogP contribution is 2.38. The molecule has 2 nitrogen and oxygen atoms in total. The summed E-state index contributed by atoms with van der Waals surface area (Å²) in [6.45, 7) is 0. The van der Waals surface area contributed by atoms with Crippen molar-refractivity contribution < 1.29 is 9.53 Å². The first-order chi connectivity index (χ1) is 6.81. The molecule has 0 aromatic carbocycles. The van der Waals surface area contributed by atoms with Crippen LogP contribution >= 0.6 is 0 Å². The molecule has 2 fully saturated rings. The Bertz CT molecular complexity index is 212. The van der Waals surface area contributed by atoms with E-state index in [1.165, 1.54) is 12.8 Å². The summed E-state index contributed by atoms with van der Waals surface area (Å²) in [5.41, 5.74) is 0. The molecule has 0 aromatic heterocycles. The van der Waals surface area contributed by atoms with Gasteiger partial charge in [0, 0.05) is 19.4 Å². The molecule has 2 heteroatoms. The third-order valence-corrected chi connectivity index (χ3v) is 3.93. The lowest BCUT2D eigenvalue weighted by molar-refractivity contribution is -0.126. The van der Waals surface area contributed by atoms with Crippen molar-refractivity contribution in [3.63, 3.8) is 0 Å². The number of ketones is 1. The van der Waals surface area contributed by atoms with Crippen LogP contribution in [0, 0.1) is 11.8 Å². The maximum Gasteiger partial charge on any atom is 0.136 e. The molecular formula is C12H20O2. The SMILES string of the molecule is COC1CCC2C(=O)CCCCC2C1. The van der Waals surface area contributed by atoms with Gasteiger partial charge < -0.3 is 4.74 Å². The monoisotopic (exact) mass is 196 g/mol. The number of carbonyl (C=O) groups is 1. The minimum Gasteiger partial charge on any atom is -0.381 e. The number of hydrogen-bond donors (Lipinski definition) is 0. The summed E-state index contributed by atoms with van der Waals surface area (Å²) in [6.07, 6.45) is 8.13. The number of fused-ring (bicyclic) bond motifs is 1. The average Bonchev–Trinajstić information content (AvgIpc) is 2.40. The van der Waals surface area contributed by atoms with Crippen LogP contribution in [-0.2, 0) is 9.53 Å². The van der Waals surface area contributed by atoms with Gasteiger partial charge in [0.25, 0.3) is 0 Å². The molecule has 0 amide bonds. The van der Waals surface area contributed by atoms with E-state index in [1.54, 1.807) is 7.11 Å². The van der Waals surface area contributed by atoms with Gasteiger partial charge in [-0.15, -0.1) is 0 Å². The first-order valence-electron chi connectivity index (χ1n) is 5.86. The lowest BCUT2D eigenvalue weighted by Gasteiger charge is -2.33. The van der Waals surface area contributed by atoms with Crippen LogP contribution in [0.2, 0.25) is 0 Å². The fourth-order valence-electron chi connectivity index (χ4n) is 3.07. The van der Waals surface area contributed by atoms with Gasteiger partial charge in [0.2, 0.25) is 0 Å². The van der Waals surface area contributed by atoms with Crippen LogP contribution in [0.1, 0.15) is 44.9 Å². The van der Waals surface area contributed by atoms with Crippen molar-refractivity contribution in [1.82, 2.24) is 0 Å². The van der Waals surface area contributed by atoms with Crippen molar-refractivity contribution in [3.05, 3.63) is 0 Å². The Morgan fingerprint density at radius 3 is 2.86 bits per heavy atom. The van der Waals surface area contributed by atoms with Crippen LogP contribution < -0.4 is 0 Å². The molecule has 0 bridgehead atoms. The Hall–Kier alpha value is -0.370. The van der Waals surface area contributed by atoms with Crippen LogP contribution in [-0.4, -0.2) is 19.0 Å². The predicted molar refractivity (Wildman–Crippen MR) is 55.1 cm³/mol. The first kappa shape index (κ1) is 10.2. The second-order valence-corrected chi connectivity index (χ2v) is 4.75. The molecule has 0 radical (unpaired) electrons. The van der Waals surface area contributed by atoms with E-state index in [0.717, 1.165) is 32.1 Å². The summed E-state index contributed by atoms with van der Waals surface area (Å²) in [7, 11) is 1.80. The zero-order chi connectivity index (χ0) is 9.97. The number of ether oxygens (including phenoxy) is 1. The number of carbonyl (C=O) groups excluding carboxylic acids is 1. The molecule has 0 heterocycles. The highest BCUT2D eigenvalue weighted by molar-refractivity contribution is 5.81. The second-order valence-electron chi connectivity index (χ2n) is 4.75. The molecule has 80 valence electrons. The first-order valence-corrected chi connectivity index (χ1v) is 5.86. The minimum atomic E-state index is 0.379. The molecule has 3 unspecified atom stereocenters. The van der Waals surface area contributed by atoms with Gasteiger partial charge in [0.1, 0.15) is 5.78 Å². The maximum absolute atomic E-state index is 11.8. The standard InChI is InChI=1S/C12H20O2/c1-14-10-6-7-11-9(8-10)4-2-3-5-12(11)13/h9-11H,2-8H2,1H3. The minimum absolute atomic E-state index is 0.379. The van der Waals surface area contributed by atoms with Gasteiger partial charge in [-0.05, 0) is 38.0 Å². The fraction of sp³-hybridized carbons (Fsp3) is 0.917. The zero-order valence-corrected chi connectivity index (χ0v) is 9.00. The molecular weight excluding hydrogens is 176 g/mol. The summed E-state index contributed by atoms with van der Waals surface area (Å²) < 4.78 is 5.40. The zero-order valence-electron chi connectivity index (χ0n) is 9.00. The maximum atomic E-state index is 11.8. The molecule has 0 spiro atoms. The molecule has 0 saturated heterocycles. The van der Waals surface area contributed by atoms with Gasteiger partial charge in [-0.2, -0.15) is 0 Å². The van der Waals surface area contributed by atoms with Crippen LogP contribution in [0.3, 0.4) is 0 Å². The van der Waals surface area contributed by atoms with E-state index in [2.05, 4.69) is 0 Å². The molecule has 2 aliphatic rings. The van der Waals surface area contributed by atoms with Gasteiger partial charge in [0.05, 0.1) is 6.10 Å². The van der Waals surface area contributed by atoms with E-state index >= 15 is 0 Å². The summed E-state index contributed by atoms with van der Waals surface area (Å²) in [5, 5.41) is 0. The van der Waals surface area contributed by atoms with Crippen LogP contribution in [0.15, 0.2) is 0 Å². The Balaban J connectivity index is 2.02. The fourth-order valence-corrected chi connectivity index (χ4v) is 3.07. The number of hydrogen-bond acceptors (Lipinski definition) is 2. The normalized spacial score (nSPS) is 38.9. The van der Waals surface area contributed by atoms with Gasteiger partial charge >= 0.3 is 0 Å².